The van der Waals surface area contributed by atoms with E-state index in [-0.39, 0.29) is 6.07 Å². The smallest absolute Gasteiger partial charge is 0.331 e. The number of rotatable bonds is 2. The molecule has 0 amide bonds. The maximum atomic E-state index is 10.2. The lowest BCUT2D eigenvalue weighted by molar-refractivity contribution is -0.135. The molecule has 0 aromatic heterocycles. The SMILES string of the molecule is C/C=C/C(=O)OCCl. The van der Waals surface area contributed by atoms with Crippen LogP contribution < -0.4 is 0 Å². The van der Waals surface area contributed by atoms with Crippen LogP contribution >= 0.6 is 11.6 Å². The summed E-state index contributed by atoms with van der Waals surface area (Å²) >= 11 is 5.06. The van der Waals surface area contributed by atoms with Crippen LogP contribution in [0.2, 0.25) is 0 Å². The molecule has 0 aliphatic rings. The van der Waals surface area contributed by atoms with Crippen molar-refractivity contribution >= 4 is 17.6 Å². The van der Waals surface area contributed by atoms with Gasteiger partial charge in [-0.05, 0) is 6.92 Å². The Morgan fingerprint density at radius 2 is 2.50 bits per heavy atom. The summed E-state index contributed by atoms with van der Waals surface area (Å²) < 4.78 is 4.32. The molecule has 0 unspecified atom stereocenters. The van der Waals surface area contributed by atoms with Crippen LogP contribution in [0.5, 0.6) is 0 Å². The molecule has 2 nitrogen and oxygen atoms in total. The molecule has 0 saturated carbocycles. The number of carbonyl (C=O) groups excluding carboxylic acids is 1. The van der Waals surface area contributed by atoms with E-state index in [4.69, 9.17) is 11.6 Å². The van der Waals surface area contributed by atoms with Crippen molar-refractivity contribution in [1.29, 1.82) is 0 Å². The molecule has 0 saturated heterocycles. The maximum absolute atomic E-state index is 10.2. The number of hydrogen-bond donors (Lipinski definition) is 0. The average molecular weight is 135 g/mol. The summed E-state index contributed by atoms with van der Waals surface area (Å²) in [6.07, 6.45) is 2.90. The molecule has 8 heavy (non-hydrogen) atoms. The molecular formula is C5H7ClO2. The Kier molecular flexibility index (Phi) is 4.36. The van der Waals surface area contributed by atoms with Crippen molar-refractivity contribution in [2.24, 2.45) is 0 Å². The fourth-order valence-corrected chi connectivity index (χ4v) is 0.346. The van der Waals surface area contributed by atoms with E-state index in [0.29, 0.717) is 0 Å². The highest BCUT2D eigenvalue weighted by Crippen LogP contribution is 1.82. The van der Waals surface area contributed by atoms with Crippen LogP contribution in [0, 0.1) is 0 Å². The number of esters is 1. The first-order valence-electron chi connectivity index (χ1n) is 2.16. The van der Waals surface area contributed by atoms with Gasteiger partial charge in [0.25, 0.3) is 0 Å². The van der Waals surface area contributed by atoms with Crippen LogP contribution in [-0.4, -0.2) is 12.0 Å². The van der Waals surface area contributed by atoms with Gasteiger partial charge in [-0.2, -0.15) is 0 Å². The normalized spacial score (nSPS) is 9.75. The molecule has 3 heteroatoms. The molecule has 0 aliphatic heterocycles. The first-order valence-corrected chi connectivity index (χ1v) is 2.70. The molecule has 0 radical (unpaired) electrons. The number of hydrogen-bond acceptors (Lipinski definition) is 2. The second-order valence-electron chi connectivity index (χ2n) is 1.07. The van der Waals surface area contributed by atoms with Crippen molar-refractivity contribution in [1.82, 2.24) is 0 Å². The van der Waals surface area contributed by atoms with Crippen LogP contribution in [-0.2, 0) is 9.53 Å². The number of allylic oxidation sites excluding steroid dienone is 1. The molecule has 0 rings (SSSR count). The van der Waals surface area contributed by atoms with Gasteiger partial charge in [0.15, 0.2) is 6.07 Å². The van der Waals surface area contributed by atoms with Crippen molar-refractivity contribution < 1.29 is 9.53 Å². The molecule has 46 valence electrons. The summed E-state index contributed by atoms with van der Waals surface area (Å²) in [5.41, 5.74) is 0. The van der Waals surface area contributed by atoms with E-state index < -0.39 is 5.97 Å². The summed E-state index contributed by atoms with van der Waals surface area (Å²) in [6.45, 7) is 1.73. The molecule has 0 aromatic carbocycles. The Morgan fingerprint density at radius 1 is 1.88 bits per heavy atom. The third-order valence-corrected chi connectivity index (χ3v) is 0.609. The number of carbonyl (C=O) groups is 1. The van der Waals surface area contributed by atoms with E-state index >= 15 is 0 Å². The van der Waals surface area contributed by atoms with Gasteiger partial charge in [-0.3, -0.25) is 0 Å². The minimum absolute atomic E-state index is 0.0802. The Bertz CT molecular complexity index is 98.6. The summed E-state index contributed by atoms with van der Waals surface area (Å²) in [5, 5.41) is 0. The van der Waals surface area contributed by atoms with Gasteiger partial charge in [0, 0.05) is 6.08 Å². The van der Waals surface area contributed by atoms with Crippen molar-refractivity contribution in [2.45, 2.75) is 6.92 Å². The fourth-order valence-electron chi connectivity index (χ4n) is 0.238. The van der Waals surface area contributed by atoms with E-state index in [9.17, 15) is 4.79 Å². The predicted octanol–water partition coefficient (Wildman–Crippen LogP) is 1.30. The highest BCUT2D eigenvalue weighted by atomic mass is 35.5. The largest absolute Gasteiger partial charge is 0.446 e. The van der Waals surface area contributed by atoms with Crippen LogP contribution in [0.25, 0.3) is 0 Å². The van der Waals surface area contributed by atoms with Crippen molar-refractivity contribution in [3.8, 4) is 0 Å². The molecule has 0 fully saturated rings. The highest BCUT2D eigenvalue weighted by Gasteiger charge is 1.89. The molecule has 0 spiro atoms. The van der Waals surface area contributed by atoms with Gasteiger partial charge in [0.05, 0.1) is 0 Å². The summed E-state index contributed by atoms with van der Waals surface area (Å²) in [5.74, 6) is -0.400. The number of halogens is 1. The lowest BCUT2D eigenvalue weighted by Crippen LogP contribution is -1.96. The van der Waals surface area contributed by atoms with Crippen LogP contribution in [0.4, 0.5) is 0 Å². The minimum Gasteiger partial charge on any atom is -0.446 e. The zero-order valence-electron chi connectivity index (χ0n) is 4.56. The summed E-state index contributed by atoms with van der Waals surface area (Å²) in [6, 6.07) is -0.0802. The zero-order valence-corrected chi connectivity index (χ0v) is 5.31. The van der Waals surface area contributed by atoms with Gasteiger partial charge in [-0.1, -0.05) is 17.7 Å². The average Bonchev–Trinajstić information content (AvgIpc) is 1.68. The number of alkyl halides is 1. The molecule has 0 heterocycles. The van der Waals surface area contributed by atoms with E-state index in [1.54, 1.807) is 13.0 Å². The lowest BCUT2D eigenvalue weighted by Gasteiger charge is -1.90. The predicted molar refractivity (Wildman–Crippen MR) is 31.6 cm³/mol. The van der Waals surface area contributed by atoms with Gasteiger partial charge in [-0.25, -0.2) is 4.79 Å². The van der Waals surface area contributed by atoms with E-state index in [1.807, 2.05) is 0 Å². The molecule has 0 atom stereocenters. The van der Waals surface area contributed by atoms with Crippen molar-refractivity contribution in [3.05, 3.63) is 12.2 Å². The monoisotopic (exact) mass is 134 g/mol. The maximum Gasteiger partial charge on any atom is 0.331 e. The first-order chi connectivity index (χ1) is 3.81. The van der Waals surface area contributed by atoms with Crippen molar-refractivity contribution in [2.75, 3.05) is 6.07 Å². The standard InChI is InChI=1S/C5H7ClO2/c1-2-3-5(7)8-4-6/h2-3H,4H2,1H3/b3-2+. The quantitative estimate of drug-likeness (QED) is 0.323. The molecular weight excluding hydrogens is 128 g/mol. The molecule has 0 bridgehead atoms. The Morgan fingerprint density at radius 3 is 2.88 bits per heavy atom. The second kappa shape index (κ2) is 4.65. The summed E-state index contributed by atoms with van der Waals surface area (Å²) in [4.78, 5) is 10.2. The Hall–Kier alpha value is -0.500. The van der Waals surface area contributed by atoms with Crippen LogP contribution in [0.1, 0.15) is 6.92 Å². The van der Waals surface area contributed by atoms with Gasteiger partial charge in [-0.15, -0.1) is 0 Å². The zero-order chi connectivity index (χ0) is 6.41. The topological polar surface area (TPSA) is 26.3 Å². The highest BCUT2D eigenvalue weighted by molar-refractivity contribution is 6.17. The van der Waals surface area contributed by atoms with Gasteiger partial charge >= 0.3 is 5.97 Å². The molecule has 0 aromatic rings. The number of ether oxygens (including phenoxy) is 1. The van der Waals surface area contributed by atoms with Crippen LogP contribution in [0.3, 0.4) is 0 Å². The van der Waals surface area contributed by atoms with Crippen molar-refractivity contribution in [3.63, 3.8) is 0 Å². The Labute approximate surface area is 53.1 Å². The Balaban J connectivity index is 3.33. The minimum atomic E-state index is -0.400. The van der Waals surface area contributed by atoms with E-state index in [0.717, 1.165) is 0 Å². The lowest BCUT2D eigenvalue weighted by atomic mass is 10.5. The second-order valence-corrected chi connectivity index (χ2v) is 1.29. The van der Waals surface area contributed by atoms with E-state index in [1.165, 1.54) is 6.08 Å². The van der Waals surface area contributed by atoms with Gasteiger partial charge < -0.3 is 4.74 Å². The summed E-state index contributed by atoms with van der Waals surface area (Å²) in [7, 11) is 0. The van der Waals surface area contributed by atoms with Gasteiger partial charge in [0.1, 0.15) is 0 Å². The molecule has 0 N–H and O–H groups in total. The third kappa shape index (κ3) is 3.68. The van der Waals surface area contributed by atoms with Gasteiger partial charge in [0.2, 0.25) is 0 Å². The first kappa shape index (κ1) is 7.50. The van der Waals surface area contributed by atoms with E-state index in [2.05, 4.69) is 4.74 Å². The molecule has 0 aliphatic carbocycles. The van der Waals surface area contributed by atoms with Crippen LogP contribution in [0.15, 0.2) is 12.2 Å². The third-order valence-electron chi connectivity index (χ3n) is 0.500. The fraction of sp³-hybridized carbons (Fsp3) is 0.400.